The summed E-state index contributed by atoms with van der Waals surface area (Å²) in [7, 11) is 0. The second-order valence-electron chi connectivity index (χ2n) is 3.92. The monoisotopic (exact) mass is 262 g/mol. The van der Waals surface area contributed by atoms with E-state index in [1.54, 1.807) is 6.33 Å². The molecule has 7 nitrogen and oxygen atoms in total. The average molecular weight is 262 g/mol. The number of amides is 1. The largest absolute Gasteiger partial charge is 0.504 e. The van der Waals surface area contributed by atoms with Crippen LogP contribution >= 0.6 is 0 Å². The van der Waals surface area contributed by atoms with Crippen LogP contribution in [0.25, 0.3) is 0 Å². The lowest BCUT2D eigenvalue weighted by molar-refractivity contribution is 0.0949. The summed E-state index contributed by atoms with van der Waals surface area (Å²) in [6, 6.07) is 3.89. The molecule has 0 saturated carbocycles. The van der Waals surface area contributed by atoms with Crippen molar-refractivity contribution in [2.24, 2.45) is 0 Å². The number of benzene rings is 1. The minimum absolute atomic E-state index is 0.244. The van der Waals surface area contributed by atoms with Crippen molar-refractivity contribution in [1.82, 2.24) is 20.1 Å². The van der Waals surface area contributed by atoms with Crippen LogP contribution in [0.2, 0.25) is 0 Å². The fraction of sp³-hybridized carbons (Fsp3) is 0.250. The number of nitrogens with zero attached hydrogens (tertiary/aromatic N) is 3. The van der Waals surface area contributed by atoms with E-state index in [-0.39, 0.29) is 29.5 Å². The van der Waals surface area contributed by atoms with Gasteiger partial charge in [0, 0.05) is 12.1 Å². The summed E-state index contributed by atoms with van der Waals surface area (Å²) in [6.45, 7) is 2.92. The van der Waals surface area contributed by atoms with Crippen LogP contribution < -0.4 is 5.32 Å². The van der Waals surface area contributed by atoms with Crippen molar-refractivity contribution in [1.29, 1.82) is 0 Å². The fourth-order valence-electron chi connectivity index (χ4n) is 1.61. The van der Waals surface area contributed by atoms with E-state index in [1.807, 2.05) is 11.5 Å². The number of hydrogen-bond donors (Lipinski definition) is 3. The Morgan fingerprint density at radius 2 is 2.16 bits per heavy atom. The first-order valence-electron chi connectivity index (χ1n) is 5.78. The number of carbonyl (C=O) groups excluding carboxylic acids is 1. The van der Waals surface area contributed by atoms with Crippen LogP contribution in [-0.4, -0.2) is 30.9 Å². The molecule has 0 fully saturated rings. The first-order valence-corrected chi connectivity index (χ1v) is 5.78. The van der Waals surface area contributed by atoms with E-state index in [0.717, 1.165) is 6.54 Å². The van der Waals surface area contributed by atoms with Gasteiger partial charge in [-0.2, -0.15) is 0 Å². The Balaban J connectivity index is 2.03. The Kier molecular flexibility index (Phi) is 3.65. The predicted molar refractivity (Wildman–Crippen MR) is 66.6 cm³/mol. The van der Waals surface area contributed by atoms with Gasteiger partial charge in [0.05, 0.1) is 6.54 Å². The van der Waals surface area contributed by atoms with Crippen LogP contribution in [0.3, 0.4) is 0 Å². The Hall–Kier alpha value is -2.57. The zero-order valence-electron chi connectivity index (χ0n) is 10.4. The minimum Gasteiger partial charge on any atom is -0.504 e. The molecule has 1 aromatic heterocycles. The maximum atomic E-state index is 11.8. The molecule has 1 heterocycles. The average Bonchev–Trinajstić information content (AvgIpc) is 2.86. The molecule has 0 unspecified atom stereocenters. The van der Waals surface area contributed by atoms with Crippen LogP contribution in [0.15, 0.2) is 24.5 Å². The molecule has 0 radical (unpaired) electrons. The van der Waals surface area contributed by atoms with Gasteiger partial charge in [0.2, 0.25) is 0 Å². The first kappa shape index (κ1) is 12.9. The molecule has 1 amide bonds. The molecule has 0 spiro atoms. The van der Waals surface area contributed by atoms with Crippen LogP contribution in [0.4, 0.5) is 0 Å². The van der Waals surface area contributed by atoms with Gasteiger partial charge in [-0.05, 0) is 25.1 Å². The number of aromatic nitrogens is 3. The zero-order chi connectivity index (χ0) is 13.8. The number of rotatable bonds is 4. The van der Waals surface area contributed by atoms with Gasteiger partial charge in [-0.3, -0.25) is 4.79 Å². The molecule has 0 bridgehead atoms. The molecule has 19 heavy (non-hydrogen) atoms. The second kappa shape index (κ2) is 5.38. The van der Waals surface area contributed by atoms with Gasteiger partial charge in [0.1, 0.15) is 6.33 Å². The van der Waals surface area contributed by atoms with Crippen LogP contribution in [-0.2, 0) is 13.1 Å². The van der Waals surface area contributed by atoms with Crippen molar-refractivity contribution in [3.05, 3.63) is 35.9 Å². The van der Waals surface area contributed by atoms with Crippen molar-refractivity contribution in [3.63, 3.8) is 0 Å². The highest BCUT2D eigenvalue weighted by atomic mass is 16.3. The highest BCUT2D eigenvalue weighted by Gasteiger charge is 2.10. The molecule has 0 atom stereocenters. The Morgan fingerprint density at radius 1 is 1.37 bits per heavy atom. The molecule has 0 aliphatic heterocycles. The lowest BCUT2D eigenvalue weighted by atomic mass is 10.2. The number of aromatic hydroxyl groups is 2. The summed E-state index contributed by atoms with van der Waals surface area (Å²) >= 11 is 0. The van der Waals surface area contributed by atoms with E-state index >= 15 is 0 Å². The van der Waals surface area contributed by atoms with Crippen LogP contribution in [0.1, 0.15) is 23.1 Å². The summed E-state index contributed by atoms with van der Waals surface area (Å²) in [6.07, 6.45) is 1.59. The Morgan fingerprint density at radius 3 is 2.84 bits per heavy atom. The second-order valence-corrected chi connectivity index (χ2v) is 3.92. The number of aryl methyl sites for hydroxylation is 1. The van der Waals surface area contributed by atoms with E-state index in [0.29, 0.717) is 5.82 Å². The van der Waals surface area contributed by atoms with E-state index < -0.39 is 0 Å². The highest BCUT2D eigenvalue weighted by Crippen LogP contribution is 2.24. The van der Waals surface area contributed by atoms with E-state index in [2.05, 4.69) is 15.5 Å². The van der Waals surface area contributed by atoms with Crippen molar-refractivity contribution in [2.75, 3.05) is 0 Å². The molecule has 1 aromatic carbocycles. The molecule has 0 saturated heterocycles. The summed E-state index contributed by atoms with van der Waals surface area (Å²) in [5.74, 6) is -0.300. The van der Waals surface area contributed by atoms with Gasteiger partial charge < -0.3 is 20.1 Å². The third-order valence-electron chi connectivity index (χ3n) is 2.68. The smallest absolute Gasteiger partial charge is 0.251 e. The normalized spacial score (nSPS) is 10.4. The third kappa shape index (κ3) is 2.82. The van der Waals surface area contributed by atoms with Crippen molar-refractivity contribution < 1.29 is 15.0 Å². The zero-order valence-corrected chi connectivity index (χ0v) is 10.4. The SMILES string of the molecule is CCn1cnnc1CNC(=O)c1ccc(O)c(O)c1. The lowest BCUT2D eigenvalue weighted by Crippen LogP contribution is -2.24. The number of carbonyl (C=O) groups is 1. The maximum Gasteiger partial charge on any atom is 0.251 e. The van der Waals surface area contributed by atoms with Gasteiger partial charge in [0.25, 0.3) is 5.91 Å². The molecule has 2 aromatic rings. The van der Waals surface area contributed by atoms with E-state index in [4.69, 9.17) is 0 Å². The summed E-state index contributed by atoms with van der Waals surface area (Å²) in [5, 5.41) is 28.8. The lowest BCUT2D eigenvalue weighted by Gasteiger charge is -2.06. The van der Waals surface area contributed by atoms with Crippen molar-refractivity contribution in [2.45, 2.75) is 20.0 Å². The van der Waals surface area contributed by atoms with Gasteiger partial charge in [0.15, 0.2) is 17.3 Å². The highest BCUT2D eigenvalue weighted by molar-refractivity contribution is 5.94. The van der Waals surface area contributed by atoms with Crippen LogP contribution in [0.5, 0.6) is 11.5 Å². The topological polar surface area (TPSA) is 100 Å². The van der Waals surface area contributed by atoms with Gasteiger partial charge in [-0.15, -0.1) is 10.2 Å². The standard InChI is InChI=1S/C12H14N4O3/c1-2-16-7-14-15-11(16)6-13-12(19)8-3-4-9(17)10(18)5-8/h3-5,7,17-18H,2,6H2,1H3,(H,13,19). The summed E-state index contributed by atoms with van der Waals surface area (Å²) in [5.41, 5.74) is 0.262. The number of hydrogen-bond acceptors (Lipinski definition) is 5. The third-order valence-corrected chi connectivity index (χ3v) is 2.68. The van der Waals surface area contributed by atoms with Crippen molar-refractivity contribution in [3.8, 4) is 11.5 Å². The van der Waals surface area contributed by atoms with Gasteiger partial charge >= 0.3 is 0 Å². The molecule has 3 N–H and O–H groups in total. The Labute approximate surface area is 109 Å². The fourth-order valence-corrected chi connectivity index (χ4v) is 1.61. The minimum atomic E-state index is -0.360. The summed E-state index contributed by atoms with van der Waals surface area (Å²) < 4.78 is 1.81. The molecule has 2 rings (SSSR count). The molecular weight excluding hydrogens is 248 g/mol. The molecule has 0 aliphatic carbocycles. The van der Waals surface area contributed by atoms with E-state index in [1.165, 1.54) is 18.2 Å². The van der Waals surface area contributed by atoms with E-state index in [9.17, 15) is 15.0 Å². The first-order chi connectivity index (χ1) is 9.11. The van der Waals surface area contributed by atoms with Gasteiger partial charge in [-0.1, -0.05) is 0 Å². The number of nitrogens with one attached hydrogen (secondary N) is 1. The maximum absolute atomic E-state index is 11.8. The van der Waals surface area contributed by atoms with Crippen molar-refractivity contribution >= 4 is 5.91 Å². The summed E-state index contributed by atoms with van der Waals surface area (Å²) in [4.78, 5) is 11.8. The predicted octanol–water partition coefficient (Wildman–Crippen LogP) is 0.639. The molecule has 100 valence electrons. The van der Waals surface area contributed by atoms with Crippen LogP contribution in [0, 0.1) is 0 Å². The Bertz CT molecular complexity index is 594. The number of phenols is 2. The molecule has 7 heteroatoms. The molecule has 0 aliphatic rings. The van der Waals surface area contributed by atoms with Gasteiger partial charge in [-0.25, -0.2) is 0 Å². The quantitative estimate of drug-likeness (QED) is 0.702. The number of phenolic OH excluding ortho intramolecular Hbond substituents is 2. The molecular formula is C12H14N4O3.